The zero-order chi connectivity index (χ0) is 17.8. The normalized spacial score (nSPS) is 19.2. The predicted molar refractivity (Wildman–Crippen MR) is 98.9 cm³/mol. The van der Waals surface area contributed by atoms with Crippen LogP contribution in [-0.2, 0) is 0 Å². The maximum atomic E-state index is 12.9. The second-order valence-corrected chi connectivity index (χ2v) is 7.10. The predicted octanol–water partition coefficient (Wildman–Crippen LogP) is 3.45. The Morgan fingerprint density at radius 1 is 1.20 bits per heavy atom. The topological polar surface area (TPSA) is 42.0 Å². The van der Waals surface area contributed by atoms with Crippen molar-refractivity contribution < 1.29 is 14.3 Å². The highest BCUT2D eigenvalue weighted by molar-refractivity contribution is 6.32. The van der Waals surface area contributed by atoms with E-state index in [1.165, 1.54) is 25.7 Å². The molecule has 0 atom stereocenters. The summed E-state index contributed by atoms with van der Waals surface area (Å²) in [5.74, 6) is 1.01. The molecule has 1 aromatic carbocycles. The number of ether oxygens (including phenoxy) is 2. The van der Waals surface area contributed by atoms with Crippen LogP contribution in [0.3, 0.4) is 0 Å². The molecule has 25 heavy (non-hydrogen) atoms. The summed E-state index contributed by atoms with van der Waals surface area (Å²) in [5, 5.41) is 0.411. The molecule has 0 radical (unpaired) electrons. The molecule has 2 aliphatic rings. The number of carbonyl (C=O) groups excluding carboxylic acids is 1. The van der Waals surface area contributed by atoms with Crippen molar-refractivity contribution >= 4 is 17.5 Å². The zero-order valence-electron chi connectivity index (χ0n) is 15.1. The first kappa shape index (κ1) is 18.3. The van der Waals surface area contributed by atoms with Crippen LogP contribution >= 0.6 is 11.6 Å². The van der Waals surface area contributed by atoms with Gasteiger partial charge in [0, 0.05) is 37.8 Å². The second-order valence-electron chi connectivity index (χ2n) is 6.69. The van der Waals surface area contributed by atoms with E-state index in [4.69, 9.17) is 21.1 Å². The molecule has 1 aliphatic heterocycles. The molecule has 6 heteroatoms. The monoisotopic (exact) mass is 366 g/mol. The van der Waals surface area contributed by atoms with Crippen LogP contribution in [0.2, 0.25) is 5.02 Å². The number of methoxy groups -OCH3 is 1. The standard InChI is InChI=1S/C19H27ClN2O3/c1-3-25-18-16(20)12-14(13-17(18)24-2)19(23)22-10-8-21(9-11-22)15-6-4-5-7-15/h12-13,15H,3-11H2,1-2H3. The Bertz CT molecular complexity index is 609. The van der Waals surface area contributed by atoms with Crippen molar-refractivity contribution in [2.24, 2.45) is 0 Å². The Morgan fingerprint density at radius 2 is 1.88 bits per heavy atom. The molecule has 0 bridgehead atoms. The summed E-state index contributed by atoms with van der Waals surface area (Å²) in [6, 6.07) is 4.13. The van der Waals surface area contributed by atoms with E-state index in [0.29, 0.717) is 28.7 Å². The third-order valence-corrected chi connectivity index (χ3v) is 5.49. The van der Waals surface area contributed by atoms with E-state index in [9.17, 15) is 4.79 Å². The van der Waals surface area contributed by atoms with Crippen molar-refractivity contribution in [1.82, 2.24) is 9.80 Å². The Labute approximate surface area is 154 Å². The number of hydrogen-bond acceptors (Lipinski definition) is 4. The van der Waals surface area contributed by atoms with Crippen LogP contribution in [0.1, 0.15) is 43.0 Å². The summed E-state index contributed by atoms with van der Waals surface area (Å²) in [6.45, 7) is 5.83. The van der Waals surface area contributed by atoms with Gasteiger partial charge in [-0.25, -0.2) is 0 Å². The fraction of sp³-hybridized carbons (Fsp3) is 0.632. The number of benzene rings is 1. The maximum absolute atomic E-state index is 12.9. The largest absolute Gasteiger partial charge is 0.493 e. The van der Waals surface area contributed by atoms with E-state index in [1.807, 2.05) is 11.8 Å². The van der Waals surface area contributed by atoms with Crippen molar-refractivity contribution in [2.45, 2.75) is 38.6 Å². The molecule has 0 unspecified atom stereocenters. The van der Waals surface area contributed by atoms with Crippen molar-refractivity contribution in [3.63, 3.8) is 0 Å². The van der Waals surface area contributed by atoms with Gasteiger partial charge in [0.1, 0.15) is 0 Å². The Balaban J connectivity index is 1.68. The van der Waals surface area contributed by atoms with Crippen LogP contribution in [0.5, 0.6) is 11.5 Å². The quantitative estimate of drug-likeness (QED) is 0.800. The molecule has 1 aromatic rings. The fourth-order valence-electron chi connectivity index (χ4n) is 3.87. The average molecular weight is 367 g/mol. The zero-order valence-corrected chi connectivity index (χ0v) is 15.8. The summed E-state index contributed by atoms with van der Waals surface area (Å²) in [6.07, 6.45) is 5.29. The summed E-state index contributed by atoms with van der Waals surface area (Å²) in [7, 11) is 1.56. The van der Waals surface area contributed by atoms with Gasteiger partial charge in [-0.2, -0.15) is 0 Å². The minimum absolute atomic E-state index is 0.00863. The Hall–Kier alpha value is -1.46. The van der Waals surface area contributed by atoms with Gasteiger partial charge >= 0.3 is 0 Å². The van der Waals surface area contributed by atoms with Crippen molar-refractivity contribution in [3.8, 4) is 11.5 Å². The number of halogens is 1. The van der Waals surface area contributed by atoms with Gasteiger partial charge in [0.15, 0.2) is 11.5 Å². The molecule has 1 heterocycles. The highest BCUT2D eigenvalue weighted by atomic mass is 35.5. The molecule has 2 fully saturated rings. The number of hydrogen-bond donors (Lipinski definition) is 0. The van der Waals surface area contributed by atoms with Gasteiger partial charge in [-0.3, -0.25) is 9.69 Å². The van der Waals surface area contributed by atoms with Crippen LogP contribution in [-0.4, -0.2) is 61.6 Å². The van der Waals surface area contributed by atoms with Gasteiger partial charge in [0.25, 0.3) is 5.91 Å². The molecule has 1 aliphatic carbocycles. The molecule has 0 aromatic heterocycles. The molecule has 0 spiro atoms. The van der Waals surface area contributed by atoms with Crippen LogP contribution in [0.4, 0.5) is 0 Å². The van der Waals surface area contributed by atoms with E-state index in [0.717, 1.165) is 32.2 Å². The first-order chi connectivity index (χ1) is 12.1. The smallest absolute Gasteiger partial charge is 0.254 e. The van der Waals surface area contributed by atoms with E-state index in [-0.39, 0.29) is 5.91 Å². The van der Waals surface area contributed by atoms with Gasteiger partial charge in [-0.15, -0.1) is 0 Å². The van der Waals surface area contributed by atoms with Gasteiger partial charge in [0.05, 0.1) is 18.7 Å². The molecule has 0 N–H and O–H groups in total. The lowest BCUT2D eigenvalue weighted by molar-refractivity contribution is 0.0573. The lowest BCUT2D eigenvalue weighted by atomic mass is 10.1. The van der Waals surface area contributed by atoms with E-state index in [1.54, 1.807) is 19.2 Å². The molecular formula is C19H27ClN2O3. The van der Waals surface area contributed by atoms with E-state index in [2.05, 4.69) is 4.90 Å². The first-order valence-corrected chi connectivity index (χ1v) is 9.55. The van der Waals surface area contributed by atoms with Gasteiger partial charge in [-0.1, -0.05) is 24.4 Å². The number of amides is 1. The van der Waals surface area contributed by atoms with Crippen molar-refractivity contribution in [1.29, 1.82) is 0 Å². The molecule has 3 rings (SSSR count). The molecule has 1 saturated carbocycles. The maximum Gasteiger partial charge on any atom is 0.254 e. The van der Waals surface area contributed by atoms with Crippen molar-refractivity contribution in [3.05, 3.63) is 22.7 Å². The van der Waals surface area contributed by atoms with E-state index >= 15 is 0 Å². The van der Waals surface area contributed by atoms with Gasteiger partial charge < -0.3 is 14.4 Å². The molecular weight excluding hydrogens is 340 g/mol. The summed E-state index contributed by atoms with van der Waals surface area (Å²) in [5.41, 5.74) is 0.555. The third-order valence-electron chi connectivity index (χ3n) is 5.21. The Kier molecular flexibility index (Phi) is 6.07. The van der Waals surface area contributed by atoms with Crippen LogP contribution in [0, 0.1) is 0 Å². The first-order valence-electron chi connectivity index (χ1n) is 9.17. The summed E-state index contributed by atoms with van der Waals surface area (Å²) >= 11 is 6.30. The van der Waals surface area contributed by atoms with Crippen molar-refractivity contribution in [2.75, 3.05) is 39.9 Å². The molecule has 1 saturated heterocycles. The second kappa shape index (κ2) is 8.28. The average Bonchev–Trinajstić information content (AvgIpc) is 3.17. The SMILES string of the molecule is CCOc1c(Cl)cc(C(=O)N2CCN(C3CCCC3)CC2)cc1OC. The fourth-order valence-corrected chi connectivity index (χ4v) is 4.14. The minimum atomic E-state index is 0.00863. The molecule has 5 nitrogen and oxygen atoms in total. The molecule has 1 amide bonds. The number of carbonyl (C=O) groups is 1. The van der Waals surface area contributed by atoms with Crippen LogP contribution in [0.25, 0.3) is 0 Å². The lowest BCUT2D eigenvalue weighted by Crippen LogP contribution is -2.51. The van der Waals surface area contributed by atoms with Crippen LogP contribution in [0.15, 0.2) is 12.1 Å². The van der Waals surface area contributed by atoms with Gasteiger partial charge in [-0.05, 0) is 31.9 Å². The summed E-state index contributed by atoms with van der Waals surface area (Å²) in [4.78, 5) is 17.3. The number of nitrogens with zero attached hydrogens (tertiary/aromatic N) is 2. The minimum Gasteiger partial charge on any atom is -0.493 e. The summed E-state index contributed by atoms with van der Waals surface area (Å²) < 4.78 is 10.9. The highest BCUT2D eigenvalue weighted by Gasteiger charge is 2.28. The number of piperazine rings is 1. The third kappa shape index (κ3) is 4.04. The Morgan fingerprint density at radius 3 is 2.48 bits per heavy atom. The lowest BCUT2D eigenvalue weighted by Gasteiger charge is -2.38. The highest BCUT2D eigenvalue weighted by Crippen LogP contribution is 2.36. The number of rotatable bonds is 5. The van der Waals surface area contributed by atoms with Crippen LogP contribution < -0.4 is 9.47 Å². The van der Waals surface area contributed by atoms with Gasteiger partial charge in [0.2, 0.25) is 0 Å². The molecule has 138 valence electrons. The van der Waals surface area contributed by atoms with E-state index < -0.39 is 0 Å².